The Morgan fingerprint density at radius 3 is 1.80 bits per heavy atom. The second kappa shape index (κ2) is 12.9. The Balaban J connectivity index is 1.01. The molecule has 11 rings (SSSR count). The van der Waals surface area contributed by atoms with Crippen molar-refractivity contribution in [3.63, 3.8) is 0 Å². The smallest absolute Gasteiger partial charge is 0.136 e. The minimum atomic E-state index is 0.898. The first-order chi connectivity index (χ1) is 27.2. The topological polar surface area (TPSA) is 16.4 Å². The Bertz CT molecular complexity index is 3190. The van der Waals surface area contributed by atoms with Crippen molar-refractivity contribution in [2.45, 2.75) is 0 Å². The van der Waals surface area contributed by atoms with E-state index >= 15 is 0 Å². The lowest BCUT2D eigenvalue weighted by Crippen LogP contribution is -2.10. The summed E-state index contributed by atoms with van der Waals surface area (Å²) in [5, 5.41) is 7.55. The van der Waals surface area contributed by atoms with Gasteiger partial charge in [-0.3, -0.25) is 0 Å². The van der Waals surface area contributed by atoms with Crippen LogP contribution in [0.25, 0.3) is 86.3 Å². The van der Waals surface area contributed by atoms with E-state index in [2.05, 4.69) is 193 Å². The molecule has 2 heterocycles. The second-order valence-electron chi connectivity index (χ2n) is 14.1. The quantitative estimate of drug-likeness (QED) is 0.170. The molecule has 258 valence electrons. The third kappa shape index (κ3) is 5.40. The number of rotatable bonds is 6. The molecule has 0 saturated carbocycles. The van der Waals surface area contributed by atoms with E-state index in [0.29, 0.717) is 0 Å². The third-order valence-electron chi connectivity index (χ3n) is 10.9. The Morgan fingerprint density at radius 1 is 0.345 bits per heavy atom. The molecule has 2 nitrogen and oxygen atoms in total. The summed E-state index contributed by atoms with van der Waals surface area (Å²) in [5.41, 5.74) is 12.2. The number of hydrogen-bond donors (Lipinski definition) is 0. The number of fused-ring (bicyclic) bond motifs is 8. The van der Waals surface area contributed by atoms with Crippen molar-refractivity contribution in [1.82, 2.24) is 0 Å². The van der Waals surface area contributed by atoms with Crippen LogP contribution >= 0.6 is 11.3 Å². The molecule has 9 aromatic carbocycles. The molecule has 0 radical (unpaired) electrons. The molecule has 3 heteroatoms. The average molecular weight is 720 g/mol. The molecule has 0 saturated heterocycles. The Kier molecular flexibility index (Phi) is 7.39. The summed E-state index contributed by atoms with van der Waals surface area (Å²) in [4.78, 5) is 2.36. The van der Waals surface area contributed by atoms with Crippen LogP contribution in [0.1, 0.15) is 0 Å². The lowest BCUT2D eigenvalue weighted by Gasteiger charge is -2.26. The van der Waals surface area contributed by atoms with Crippen molar-refractivity contribution in [2.24, 2.45) is 0 Å². The molecule has 0 atom stereocenters. The van der Waals surface area contributed by atoms with Gasteiger partial charge in [0.25, 0.3) is 0 Å². The maximum absolute atomic E-state index is 6.27. The van der Waals surface area contributed by atoms with Crippen LogP contribution < -0.4 is 4.90 Å². The van der Waals surface area contributed by atoms with Gasteiger partial charge in [0.05, 0.1) is 0 Å². The Hall–Kier alpha value is -6.94. The van der Waals surface area contributed by atoms with Gasteiger partial charge < -0.3 is 9.32 Å². The summed E-state index contributed by atoms with van der Waals surface area (Å²) in [7, 11) is 0. The number of anilines is 3. The highest BCUT2D eigenvalue weighted by Gasteiger charge is 2.17. The lowest BCUT2D eigenvalue weighted by atomic mass is 9.98. The number of para-hydroxylation sites is 1. The van der Waals surface area contributed by atoms with Crippen molar-refractivity contribution in [1.29, 1.82) is 0 Å². The minimum absolute atomic E-state index is 0.898. The summed E-state index contributed by atoms with van der Waals surface area (Å²) in [6, 6.07) is 72.1. The normalized spacial score (nSPS) is 11.6. The predicted molar refractivity (Wildman–Crippen MR) is 235 cm³/mol. The molecule has 0 spiro atoms. The fourth-order valence-electron chi connectivity index (χ4n) is 8.24. The molecule has 55 heavy (non-hydrogen) atoms. The molecule has 0 unspecified atom stereocenters. The van der Waals surface area contributed by atoms with Gasteiger partial charge >= 0.3 is 0 Å². The molecule has 0 aliphatic heterocycles. The fraction of sp³-hybridized carbons (Fsp3) is 0. The number of thiophene rings is 1. The monoisotopic (exact) mass is 719 g/mol. The Morgan fingerprint density at radius 2 is 0.982 bits per heavy atom. The first-order valence-electron chi connectivity index (χ1n) is 18.7. The summed E-state index contributed by atoms with van der Waals surface area (Å²) in [6.45, 7) is 0. The highest BCUT2D eigenvalue weighted by atomic mass is 32.1. The molecule has 0 aliphatic carbocycles. The van der Waals surface area contributed by atoms with E-state index in [4.69, 9.17) is 4.42 Å². The SMILES string of the molecule is c1ccc(-c2ccc(N(c3ccc(-c4ccc5c(c4)sc4ccc6ccccc6c45)cc3)c3cccc(-c4cccc5oc6ccccc6c45)c3)cc2)cc1. The van der Waals surface area contributed by atoms with Crippen molar-refractivity contribution in [2.75, 3.05) is 4.90 Å². The standard InChI is InChI=1S/C52H33NOS/c1-2-10-34(11-3-1)35-20-26-40(27-21-35)53(42-14-8-13-39(32-42)44-17-9-19-48-51(44)45-16-6-7-18-47(45)54-48)41-28-22-36(23-29-41)38-24-30-46-50(33-38)55-49-31-25-37-12-4-5-15-43(37)52(46)49/h1-33H. The number of nitrogens with zero attached hydrogens (tertiary/aromatic N) is 1. The highest BCUT2D eigenvalue weighted by molar-refractivity contribution is 7.26. The first kappa shape index (κ1) is 31.6. The highest BCUT2D eigenvalue weighted by Crippen LogP contribution is 2.43. The summed E-state index contributed by atoms with van der Waals surface area (Å²) < 4.78 is 8.91. The fourth-order valence-corrected chi connectivity index (χ4v) is 9.40. The average Bonchev–Trinajstić information content (AvgIpc) is 3.83. The van der Waals surface area contributed by atoms with E-state index < -0.39 is 0 Å². The minimum Gasteiger partial charge on any atom is -0.456 e. The number of furan rings is 1. The van der Waals surface area contributed by atoms with E-state index in [1.54, 1.807) is 0 Å². The number of hydrogen-bond acceptors (Lipinski definition) is 3. The second-order valence-corrected chi connectivity index (χ2v) is 15.2. The van der Waals surface area contributed by atoms with Crippen LogP contribution in [0.15, 0.2) is 205 Å². The van der Waals surface area contributed by atoms with Crippen molar-refractivity contribution >= 4 is 81.3 Å². The van der Waals surface area contributed by atoms with E-state index in [0.717, 1.165) is 50.1 Å². The molecule has 11 aromatic rings. The molecular formula is C52H33NOS. The van der Waals surface area contributed by atoms with Gasteiger partial charge in [-0.15, -0.1) is 11.3 Å². The van der Waals surface area contributed by atoms with Crippen LogP contribution in [0.4, 0.5) is 17.1 Å². The van der Waals surface area contributed by atoms with E-state index in [1.165, 1.54) is 53.2 Å². The molecule has 2 aromatic heterocycles. The zero-order chi connectivity index (χ0) is 36.3. The van der Waals surface area contributed by atoms with Gasteiger partial charge in [0, 0.05) is 48.0 Å². The molecule has 0 aliphatic rings. The van der Waals surface area contributed by atoms with E-state index in [1.807, 2.05) is 23.5 Å². The van der Waals surface area contributed by atoms with Crippen LogP contribution in [0.2, 0.25) is 0 Å². The predicted octanol–water partition coefficient (Wildman–Crippen LogP) is 15.6. The summed E-state index contributed by atoms with van der Waals surface area (Å²) in [6.07, 6.45) is 0. The van der Waals surface area contributed by atoms with Gasteiger partial charge in [-0.1, -0.05) is 140 Å². The zero-order valence-electron chi connectivity index (χ0n) is 29.8. The van der Waals surface area contributed by atoms with Gasteiger partial charge in [-0.25, -0.2) is 0 Å². The van der Waals surface area contributed by atoms with Crippen molar-refractivity contribution in [3.05, 3.63) is 200 Å². The van der Waals surface area contributed by atoms with E-state index in [9.17, 15) is 0 Å². The van der Waals surface area contributed by atoms with Gasteiger partial charge in [0.1, 0.15) is 11.2 Å². The molecular weight excluding hydrogens is 687 g/mol. The largest absolute Gasteiger partial charge is 0.456 e. The van der Waals surface area contributed by atoms with Crippen LogP contribution in [0.3, 0.4) is 0 Å². The van der Waals surface area contributed by atoms with E-state index in [-0.39, 0.29) is 0 Å². The van der Waals surface area contributed by atoms with Crippen LogP contribution in [-0.4, -0.2) is 0 Å². The van der Waals surface area contributed by atoms with Gasteiger partial charge in [-0.2, -0.15) is 0 Å². The summed E-state index contributed by atoms with van der Waals surface area (Å²) >= 11 is 1.87. The zero-order valence-corrected chi connectivity index (χ0v) is 30.6. The molecule has 0 amide bonds. The maximum Gasteiger partial charge on any atom is 0.136 e. The lowest BCUT2D eigenvalue weighted by molar-refractivity contribution is 0.669. The van der Waals surface area contributed by atoms with Crippen molar-refractivity contribution < 1.29 is 4.42 Å². The molecule has 0 bridgehead atoms. The summed E-state index contributed by atoms with van der Waals surface area (Å²) in [5.74, 6) is 0. The third-order valence-corrected chi connectivity index (χ3v) is 12.0. The molecule has 0 N–H and O–H groups in total. The van der Waals surface area contributed by atoms with Crippen LogP contribution in [0, 0.1) is 0 Å². The molecule has 0 fully saturated rings. The van der Waals surface area contributed by atoms with Crippen LogP contribution in [0.5, 0.6) is 0 Å². The number of benzene rings is 9. The van der Waals surface area contributed by atoms with Crippen LogP contribution in [-0.2, 0) is 0 Å². The van der Waals surface area contributed by atoms with Crippen molar-refractivity contribution in [3.8, 4) is 33.4 Å². The first-order valence-corrected chi connectivity index (χ1v) is 19.5. The Labute approximate surface area is 322 Å². The van der Waals surface area contributed by atoms with Gasteiger partial charge in [-0.05, 0) is 105 Å². The maximum atomic E-state index is 6.27. The van der Waals surface area contributed by atoms with Gasteiger partial charge in [0.2, 0.25) is 0 Å². The van der Waals surface area contributed by atoms with Gasteiger partial charge in [0.15, 0.2) is 0 Å².